The smallest absolute Gasteiger partial charge is 0.266 e. The largest absolute Gasteiger partial charge is 0.288 e. The minimum Gasteiger partial charge on any atom is -0.288 e. The van der Waals surface area contributed by atoms with Gasteiger partial charge in [0.25, 0.3) is 5.56 Å². The van der Waals surface area contributed by atoms with E-state index in [1.165, 1.54) is 28.5 Å². The van der Waals surface area contributed by atoms with Crippen LogP contribution >= 0.6 is 11.8 Å². The van der Waals surface area contributed by atoms with Gasteiger partial charge < -0.3 is 0 Å². The SMILES string of the molecule is Cc1cc(C)n2cc(CSc3nc4ccccc4c(=O)n3-c3ccc(F)cc3)nc2n1. The molecule has 0 amide bonds. The molecular formula is C23H18FN5OS. The summed E-state index contributed by atoms with van der Waals surface area (Å²) in [5.74, 6) is 0.798. The molecule has 3 aromatic heterocycles. The van der Waals surface area contributed by atoms with Gasteiger partial charge in [-0.1, -0.05) is 23.9 Å². The van der Waals surface area contributed by atoms with E-state index in [0.717, 1.165) is 17.1 Å². The van der Waals surface area contributed by atoms with Crippen LogP contribution in [-0.4, -0.2) is 23.9 Å². The Balaban J connectivity index is 1.59. The monoisotopic (exact) mass is 431 g/mol. The second-order valence-electron chi connectivity index (χ2n) is 7.26. The van der Waals surface area contributed by atoms with E-state index < -0.39 is 0 Å². The van der Waals surface area contributed by atoms with Crippen LogP contribution in [0, 0.1) is 19.7 Å². The van der Waals surface area contributed by atoms with Crippen molar-refractivity contribution in [3.05, 3.63) is 94.0 Å². The molecule has 0 saturated heterocycles. The number of thioether (sulfide) groups is 1. The Bertz CT molecular complexity index is 1490. The van der Waals surface area contributed by atoms with E-state index in [4.69, 9.17) is 4.98 Å². The van der Waals surface area contributed by atoms with Crippen molar-refractivity contribution in [2.75, 3.05) is 0 Å². The summed E-state index contributed by atoms with van der Waals surface area (Å²) in [5, 5.41) is 1.03. The molecule has 0 fully saturated rings. The van der Waals surface area contributed by atoms with Gasteiger partial charge in [0.15, 0.2) is 5.16 Å². The zero-order chi connectivity index (χ0) is 21.5. The number of benzene rings is 2. The molecule has 0 spiro atoms. The number of hydrogen-bond acceptors (Lipinski definition) is 5. The summed E-state index contributed by atoms with van der Waals surface area (Å²) >= 11 is 1.41. The standard InChI is InChI=1S/C23H18FN5OS/c1-14-11-15(2)28-12-17(26-22(28)25-14)13-31-23-27-20-6-4-3-5-19(20)21(30)29(23)18-9-7-16(24)8-10-18/h3-12H,13H2,1-2H3. The lowest BCUT2D eigenvalue weighted by Crippen LogP contribution is -2.21. The maximum atomic E-state index is 13.5. The number of rotatable bonds is 4. The highest BCUT2D eigenvalue weighted by Crippen LogP contribution is 2.25. The van der Waals surface area contributed by atoms with Gasteiger partial charge in [-0.25, -0.2) is 19.3 Å². The van der Waals surface area contributed by atoms with Gasteiger partial charge in [0.1, 0.15) is 5.82 Å². The van der Waals surface area contributed by atoms with Crippen molar-refractivity contribution in [3.8, 4) is 5.69 Å². The number of halogens is 1. The molecule has 0 N–H and O–H groups in total. The molecule has 31 heavy (non-hydrogen) atoms. The average molecular weight is 431 g/mol. The van der Waals surface area contributed by atoms with E-state index in [9.17, 15) is 9.18 Å². The summed E-state index contributed by atoms with van der Waals surface area (Å²) in [6, 6.07) is 15.1. The fourth-order valence-corrected chi connectivity index (χ4v) is 4.45. The maximum absolute atomic E-state index is 13.5. The lowest BCUT2D eigenvalue weighted by atomic mass is 10.2. The summed E-state index contributed by atoms with van der Waals surface area (Å²) in [7, 11) is 0. The molecular weight excluding hydrogens is 413 g/mol. The molecule has 0 aliphatic heterocycles. The Morgan fingerprint density at radius 1 is 1.00 bits per heavy atom. The molecule has 5 aromatic rings. The van der Waals surface area contributed by atoms with Crippen LogP contribution in [0.1, 0.15) is 17.1 Å². The van der Waals surface area contributed by atoms with Gasteiger partial charge in [0.2, 0.25) is 5.78 Å². The van der Waals surface area contributed by atoms with Crippen LogP contribution in [0.25, 0.3) is 22.4 Å². The van der Waals surface area contributed by atoms with E-state index in [1.807, 2.05) is 42.6 Å². The molecule has 0 aliphatic carbocycles. The first-order valence-corrected chi connectivity index (χ1v) is 10.7. The van der Waals surface area contributed by atoms with Crippen LogP contribution in [-0.2, 0) is 5.75 Å². The first-order valence-electron chi connectivity index (χ1n) is 9.72. The average Bonchev–Trinajstić information content (AvgIpc) is 3.17. The van der Waals surface area contributed by atoms with Gasteiger partial charge in [-0.05, 0) is 56.3 Å². The second kappa shape index (κ2) is 7.63. The van der Waals surface area contributed by atoms with Crippen molar-refractivity contribution in [1.82, 2.24) is 23.9 Å². The van der Waals surface area contributed by atoms with Crippen LogP contribution in [0.3, 0.4) is 0 Å². The van der Waals surface area contributed by atoms with E-state index in [2.05, 4.69) is 9.97 Å². The summed E-state index contributed by atoms with van der Waals surface area (Å²) < 4.78 is 16.9. The highest BCUT2D eigenvalue weighted by Gasteiger charge is 2.15. The zero-order valence-corrected chi connectivity index (χ0v) is 17.7. The van der Waals surface area contributed by atoms with Gasteiger partial charge in [0, 0.05) is 23.3 Å². The fourth-order valence-electron chi connectivity index (χ4n) is 3.55. The first kappa shape index (κ1) is 19.4. The number of aromatic nitrogens is 5. The molecule has 0 bridgehead atoms. The van der Waals surface area contributed by atoms with Crippen molar-refractivity contribution >= 4 is 28.4 Å². The summed E-state index contributed by atoms with van der Waals surface area (Å²) in [4.78, 5) is 27.1. The maximum Gasteiger partial charge on any atom is 0.266 e. The summed E-state index contributed by atoms with van der Waals surface area (Å²) in [6.07, 6.45) is 1.95. The Morgan fingerprint density at radius 2 is 1.77 bits per heavy atom. The molecule has 8 heteroatoms. The highest BCUT2D eigenvalue weighted by molar-refractivity contribution is 7.98. The third-order valence-electron chi connectivity index (χ3n) is 4.99. The van der Waals surface area contributed by atoms with Crippen molar-refractivity contribution < 1.29 is 4.39 Å². The van der Waals surface area contributed by atoms with Gasteiger partial charge in [-0.2, -0.15) is 0 Å². The number of imidazole rings is 1. The van der Waals surface area contributed by atoms with E-state index in [0.29, 0.717) is 33.3 Å². The van der Waals surface area contributed by atoms with Crippen molar-refractivity contribution in [2.24, 2.45) is 0 Å². The zero-order valence-electron chi connectivity index (χ0n) is 16.9. The third kappa shape index (κ3) is 3.59. The van der Waals surface area contributed by atoms with Gasteiger partial charge in [-0.3, -0.25) is 13.8 Å². The quantitative estimate of drug-likeness (QED) is 0.310. The van der Waals surface area contributed by atoms with Crippen LogP contribution in [0.2, 0.25) is 0 Å². The Kier molecular flexibility index (Phi) is 4.78. The molecule has 6 nitrogen and oxygen atoms in total. The van der Waals surface area contributed by atoms with Crippen LogP contribution in [0.4, 0.5) is 4.39 Å². The lowest BCUT2D eigenvalue weighted by Gasteiger charge is -2.12. The molecule has 0 unspecified atom stereocenters. The molecule has 0 radical (unpaired) electrons. The van der Waals surface area contributed by atoms with Crippen molar-refractivity contribution in [2.45, 2.75) is 24.8 Å². The van der Waals surface area contributed by atoms with Gasteiger partial charge in [0.05, 0.1) is 22.3 Å². The molecule has 154 valence electrons. The summed E-state index contributed by atoms with van der Waals surface area (Å²) in [6.45, 7) is 3.95. The topological polar surface area (TPSA) is 65.1 Å². The number of fused-ring (bicyclic) bond motifs is 2. The molecule has 3 heterocycles. The normalized spacial score (nSPS) is 11.5. The fraction of sp³-hybridized carbons (Fsp3) is 0.130. The first-order chi connectivity index (χ1) is 15.0. The highest BCUT2D eigenvalue weighted by atomic mass is 32.2. The molecule has 0 atom stereocenters. The van der Waals surface area contributed by atoms with Crippen LogP contribution in [0.5, 0.6) is 0 Å². The van der Waals surface area contributed by atoms with Gasteiger partial charge in [-0.15, -0.1) is 0 Å². The van der Waals surface area contributed by atoms with E-state index >= 15 is 0 Å². The predicted molar refractivity (Wildman–Crippen MR) is 119 cm³/mol. The Morgan fingerprint density at radius 3 is 2.58 bits per heavy atom. The minimum absolute atomic E-state index is 0.192. The van der Waals surface area contributed by atoms with Crippen molar-refractivity contribution in [1.29, 1.82) is 0 Å². The predicted octanol–water partition coefficient (Wildman–Crippen LogP) is 4.48. The van der Waals surface area contributed by atoms with Crippen molar-refractivity contribution in [3.63, 3.8) is 0 Å². The van der Waals surface area contributed by atoms with Crippen LogP contribution < -0.4 is 5.56 Å². The van der Waals surface area contributed by atoms with E-state index in [1.54, 1.807) is 24.3 Å². The molecule has 2 aromatic carbocycles. The number of hydrogen-bond donors (Lipinski definition) is 0. The molecule has 5 rings (SSSR count). The second-order valence-corrected chi connectivity index (χ2v) is 8.20. The van der Waals surface area contributed by atoms with Gasteiger partial charge >= 0.3 is 0 Å². The third-order valence-corrected chi connectivity index (χ3v) is 5.96. The number of para-hydroxylation sites is 1. The minimum atomic E-state index is -0.359. The Hall–Kier alpha value is -3.52. The number of aryl methyl sites for hydroxylation is 2. The van der Waals surface area contributed by atoms with E-state index in [-0.39, 0.29) is 11.4 Å². The lowest BCUT2D eigenvalue weighted by molar-refractivity contribution is 0.627. The Labute approximate surface area is 181 Å². The molecule has 0 saturated carbocycles. The number of nitrogens with zero attached hydrogens (tertiary/aromatic N) is 5. The van der Waals surface area contributed by atoms with Crippen LogP contribution in [0.15, 0.2) is 70.7 Å². The molecule has 0 aliphatic rings. The summed E-state index contributed by atoms with van der Waals surface area (Å²) in [5.41, 5.74) is 3.79.